The number of carbonyl (C=O) groups is 1. The standard InChI is InChI=1S/C12H16O5/c1-15-6-3-7-17-11-8-9(12(13)14)4-5-10(11)16-2/h4-5,8H,3,6-7H2,1-2H3,(H,13,14). The van der Waals surface area contributed by atoms with Crippen LogP contribution in [0, 0.1) is 0 Å². The molecule has 1 aromatic carbocycles. The average Bonchev–Trinajstić information content (AvgIpc) is 2.34. The molecule has 5 heteroatoms. The van der Waals surface area contributed by atoms with E-state index in [2.05, 4.69) is 0 Å². The first-order valence-corrected chi connectivity index (χ1v) is 5.22. The van der Waals surface area contributed by atoms with E-state index in [9.17, 15) is 4.79 Å². The van der Waals surface area contributed by atoms with E-state index in [0.29, 0.717) is 24.7 Å². The maximum Gasteiger partial charge on any atom is 0.335 e. The summed E-state index contributed by atoms with van der Waals surface area (Å²) in [6.45, 7) is 1.05. The quantitative estimate of drug-likeness (QED) is 0.736. The lowest BCUT2D eigenvalue weighted by Gasteiger charge is -2.11. The third-order valence-electron chi connectivity index (χ3n) is 2.16. The molecule has 0 unspecified atom stereocenters. The first kappa shape index (κ1) is 13.3. The summed E-state index contributed by atoms with van der Waals surface area (Å²) in [6.07, 6.45) is 0.733. The van der Waals surface area contributed by atoms with Crippen molar-refractivity contribution in [2.45, 2.75) is 6.42 Å². The van der Waals surface area contributed by atoms with Gasteiger partial charge in [-0.3, -0.25) is 0 Å². The number of carboxylic acid groups (broad SMARTS) is 1. The molecule has 0 amide bonds. The van der Waals surface area contributed by atoms with Crippen molar-refractivity contribution in [2.75, 3.05) is 27.4 Å². The topological polar surface area (TPSA) is 65.0 Å². The van der Waals surface area contributed by atoms with Crippen LogP contribution < -0.4 is 9.47 Å². The van der Waals surface area contributed by atoms with Gasteiger partial charge < -0.3 is 19.3 Å². The van der Waals surface area contributed by atoms with E-state index in [1.807, 2.05) is 0 Å². The number of benzene rings is 1. The summed E-state index contributed by atoms with van der Waals surface area (Å²) in [5.74, 6) is -0.0367. The van der Waals surface area contributed by atoms with Gasteiger partial charge in [0, 0.05) is 20.1 Å². The fourth-order valence-corrected chi connectivity index (χ4v) is 1.31. The highest BCUT2D eigenvalue weighted by Gasteiger charge is 2.09. The predicted molar refractivity (Wildman–Crippen MR) is 61.9 cm³/mol. The first-order chi connectivity index (χ1) is 8.19. The molecule has 1 aromatic rings. The summed E-state index contributed by atoms with van der Waals surface area (Å²) in [5.41, 5.74) is 0.174. The van der Waals surface area contributed by atoms with E-state index in [0.717, 1.165) is 6.42 Å². The Morgan fingerprint density at radius 1 is 1.24 bits per heavy atom. The van der Waals surface area contributed by atoms with Crippen molar-refractivity contribution < 1.29 is 24.1 Å². The minimum absolute atomic E-state index is 0.174. The van der Waals surface area contributed by atoms with Crippen molar-refractivity contribution >= 4 is 5.97 Å². The summed E-state index contributed by atoms with van der Waals surface area (Å²) < 4.78 is 15.4. The zero-order valence-corrected chi connectivity index (χ0v) is 9.93. The average molecular weight is 240 g/mol. The monoisotopic (exact) mass is 240 g/mol. The molecule has 0 saturated carbocycles. The number of hydrogen-bond donors (Lipinski definition) is 1. The molecule has 0 radical (unpaired) electrons. The van der Waals surface area contributed by atoms with Gasteiger partial charge in [-0.1, -0.05) is 0 Å². The molecule has 0 spiro atoms. The Morgan fingerprint density at radius 2 is 2.00 bits per heavy atom. The van der Waals surface area contributed by atoms with Crippen LogP contribution in [0.2, 0.25) is 0 Å². The smallest absolute Gasteiger partial charge is 0.335 e. The molecular weight excluding hydrogens is 224 g/mol. The Hall–Kier alpha value is -1.75. The molecular formula is C12H16O5. The highest BCUT2D eigenvalue weighted by Crippen LogP contribution is 2.28. The van der Waals surface area contributed by atoms with Crippen LogP contribution in [0.15, 0.2) is 18.2 Å². The van der Waals surface area contributed by atoms with Crippen LogP contribution >= 0.6 is 0 Å². The van der Waals surface area contributed by atoms with Crippen molar-refractivity contribution in [3.8, 4) is 11.5 Å². The SMILES string of the molecule is COCCCOc1cc(C(=O)O)ccc1OC. The second-order valence-corrected chi connectivity index (χ2v) is 3.37. The van der Waals surface area contributed by atoms with Crippen LogP contribution in [-0.4, -0.2) is 38.5 Å². The van der Waals surface area contributed by atoms with Gasteiger partial charge in [0.1, 0.15) is 0 Å². The maximum atomic E-state index is 10.8. The fraction of sp³-hybridized carbons (Fsp3) is 0.417. The number of methoxy groups -OCH3 is 2. The minimum atomic E-state index is -0.991. The van der Waals surface area contributed by atoms with E-state index >= 15 is 0 Å². The summed E-state index contributed by atoms with van der Waals surface area (Å²) >= 11 is 0. The van der Waals surface area contributed by atoms with Gasteiger partial charge >= 0.3 is 5.97 Å². The summed E-state index contributed by atoms with van der Waals surface area (Å²) in [5, 5.41) is 8.87. The summed E-state index contributed by atoms with van der Waals surface area (Å²) in [6, 6.07) is 4.51. The molecule has 0 bridgehead atoms. The summed E-state index contributed by atoms with van der Waals surface area (Å²) in [4.78, 5) is 10.8. The molecule has 17 heavy (non-hydrogen) atoms. The van der Waals surface area contributed by atoms with Crippen molar-refractivity contribution in [1.29, 1.82) is 0 Å². The number of aromatic carboxylic acids is 1. The van der Waals surface area contributed by atoms with E-state index in [-0.39, 0.29) is 5.56 Å². The highest BCUT2D eigenvalue weighted by atomic mass is 16.5. The first-order valence-electron chi connectivity index (χ1n) is 5.22. The van der Waals surface area contributed by atoms with Gasteiger partial charge in [0.05, 0.1) is 19.3 Å². The lowest BCUT2D eigenvalue weighted by Crippen LogP contribution is -2.04. The Bertz CT molecular complexity index is 375. The lowest BCUT2D eigenvalue weighted by atomic mass is 10.2. The van der Waals surface area contributed by atoms with Crippen LogP contribution in [0.1, 0.15) is 16.8 Å². The molecule has 1 N–H and O–H groups in total. The van der Waals surface area contributed by atoms with Crippen LogP contribution in [0.3, 0.4) is 0 Å². The van der Waals surface area contributed by atoms with Gasteiger partial charge in [-0.15, -0.1) is 0 Å². The number of hydrogen-bond acceptors (Lipinski definition) is 4. The Kier molecular flexibility index (Phi) is 5.29. The van der Waals surface area contributed by atoms with Gasteiger partial charge in [0.15, 0.2) is 11.5 Å². The van der Waals surface area contributed by atoms with Crippen LogP contribution in [0.5, 0.6) is 11.5 Å². The molecule has 0 atom stereocenters. The van der Waals surface area contributed by atoms with E-state index < -0.39 is 5.97 Å². The van der Waals surface area contributed by atoms with Crippen molar-refractivity contribution in [1.82, 2.24) is 0 Å². The number of carboxylic acids is 1. The van der Waals surface area contributed by atoms with Gasteiger partial charge in [0.2, 0.25) is 0 Å². The summed E-state index contributed by atoms with van der Waals surface area (Å²) in [7, 11) is 3.13. The van der Waals surface area contributed by atoms with Crippen LogP contribution in [-0.2, 0) is 4.74 Å². The minimum Gasteiger partial charge on any atom is -0.493 e. The zero-order valence-electron chi connectivity index (χ0n) is 9.93. The lowest BCUT2D eigenvalue weighted by molar-refractivity contribution is 0.0696. The molecule has 94 valence electrons. The van der Waals surface area contributed by atoms with Crippen molar-refractivity contribution in [2.24, 2.45) is 0 Å². The normalized spacial score (nSPS) is 10.0. The molecule has 0 aliphatic heterocycles. The molecule has 0 aliphatic rings. The van der Waals surface area contributed by atoms with Gasteiger partial charge in [0.25, 0.3) is 0 Å². The molecule has 0 heterocycles. The molecule has 5 nitrogen and oxygen atoms in total. The van der Waals surface area contributed by atoms with Crippen LogP contribution in [0.4, 0.5) is 0 Å². The largest absolute Gasteiger partial charge is 0.493 e. The molecule has 1 rings (SSSR count). The maximum absolute atomic E-state index is 10.8. The van der Waals surface area contributed by atoms with Gasteiger partial charge in [-0.2, -0.15) is 0 Å². The Balaban J connectivity index is 2.72. The number of rotatable bonds is 7. The van der Waals surface area contributed by atoms with E-state index in [4.69, 9.17) is 19.3 Å². The predicted octanol–water partition coefficient (Wildman–Crippen LogP) is 1.81. The molecule has 0 aliphatic carbocycles. The zero-order chi connectivity index (χ0) is 12.7. The van der Waals surface area contributed by atoms with E-state index in [1.165, 1.54) is 19.2 Å². The van der Waals surface area contributed by atoms with Gasteiger partial charge in [-0.25, -0.2) is 4.79 Å². The Morgan fingerprint density at radius 3 is 2.59 bits per heavy atom. The van der Waals surface area contributed by atoms with Gasteiger partial charge in [-0.05, 0) is 18.2 Å². The molecule has 0 fully saturated rings. The van der Waals surface area contributed by atoms with Crippen molar-refractivity contribution in [3.63, 3.8) is 0 Å². The van der Waals surface area contributed by atoms with Crippen molar-refractivity contribution in [3.05, 3.63) is 23.8 Å². The third kappa shape index (κ3) is 3.96. The van der Waals surface area contributed by atoms with Crippen LogP contribution in [0.25, 0.3) is 0 Å². The third-order valence-corrected chi connectivity index (χ3v) is 2.16. The second-order valence-electron chi connectivity index (χ2n) is 3.37. The second kappa shape index (κ2) is 6.75. The van der Waals surface area contributed by atoms with E-state index in [1.54, 1.807) is 13.2 Å². The number of ether oxygens (including phenoxy) is 3. The Labute approximate surface area is 99.9 Å². The molecule has 0 aromatic heterocycles. The fourth-order valence-electron chi connectivity index (χ4n) is 1.31. The highest BCUT2D eigenvalue weighted by molar-refractivity contribution is 5.88. The molecule has 0 saturated heterocycles.